The molecule has 2 amide bonds. The number of rotatable bonds is 2. The van der Waals surface area contributed by atoms with E-state index in [2.05, 4.69) is 12.2 Å². The first-order chi connectivity index (χ1) is 12.3. The molecule has 1 aromatic carbocycles. The summed E-state index contributed by atoms with van der Waals surface area (Å²) in [5.41, 5.74) is 4.02. The van der Waals surface area contributed by atoms with Crippen LogP contribution in [0.15, 0.2) is 53.6 Å². The number of hydrogen-bond acceptors (Lipinski definition) is 2. The van der Waals surface area contributed by atoms with Crippen molar-refractivity contribution in [1.82, 2.24) is 4.90 Å². The van der Waals surface area contributed by atoms with Crippen LogP contribution in [0.5, 0.6) is 0 Å². The van der Waals surface area contributed by atoms with E-state index in [-0.39, 0.29) is 35.5 Å². The van der Waals surface area contributed by atoms with Crippen molar-refractivity contribution >= 4 is 11.8 Å². The summed E-state index contributed by atoms with van der Waals surface area (Å²) in [6, 6.07) is 9.84. The standard InChI is InChI=1S/C22H23NO2/c24-21-19-16-11-12-17(18(16)15-9-5-2-6-10-15)20(19)22(25)23(21)13-14-7-3-1-4-8-14/h1,3-4,7-8,11-12,16-17,19-20H,2,5-6,9-10,13H2/t16-,17+,19+,20-. The monoisotopic (exact) mass is 333 g/mol. The van der Waals surface area contributed by atoms with E-state index in [4.69, 9.17) is 0 Å². The Morgan fingerprint density at radius 3 is 2.04 bits per heavy atom. The van der Waals surface area contributed by atoms with Gasteiger partial charge in [0.05, 0.1) is 18.4 Å². The Labute approximate surface area is 148 Å². The minimum Gasteiger partial charge on any atom is -0.278 e. The first-order valence-electron chi connectivity index (χ1n) is 9.55. The molecule has 3 fully saturated rings. The van der Waals surface area contributed by atoms with Gasteiger partial charge in [-0.3, -0.25) is 14.5 Å². The smallest absolute Gasteiger partial charge is 0.234 e. The molecule has 3 aliphatic carbocycles. The van der Waals surface area contributed by atoms with Crippen molar-refractivity contribution in [3.8, 4) is 0 Å². The molecule has 1 heterocycles. The van der Waals surface area contributed by atoms with Gasteiger partial charge in [-0.2, -0.15) is 0 Å². The van der Waals surface area contributed by atoms with Crippen LogP contribution in [0.25, 0.3) is 0 Å². The molecule has 0 unspecified atom stereocenters. The van der Waals surface area contributed by atoms with Crippen molar-refractivity contribution in [1.29, 1.82) is 0 Å². The molecule has 3 nitrogen and oxygen atoms in total. The molecule has 25 heavy (non-hydrogen) atoms. The Bertz CT molecular complexity index is 750. The maximum absolute atomic E-state index is 13.1. The minimum atomic E-state index is -0.143. The molecular formula is C22H23NO2. The Hall–Kier alpha value is -2.16. The van der Waals surface area contributed by atoms with Gasteiger partial charge in [-0.25, -0.2) is 0 Å². The highest BCUT2D eigenvalue weighted by atomic mass is 16.2. The molecule has 0 aromatic heterocycles. The van der Waals surface area contributed by atoms with Gasteiger partial charge in [-0.1, -0.05) is 60.1 Å². The molecule has 2 saturated carbocycles. The number of nitrogens with zero attached hydrogens (tertiary/aromatic N) is 1. The summed E-state index contributed by atoms with van der Waals surface area (Å²) in [5, 5.41) is 0. The van der Waals surface area contributed by atoms with E-state index in [1.54, 1.807) is 5.57 Å². The normalized spacial score (nSPS) is 33.5. The van der Waals surface area contributed by atoms with Gasteiger partial charge in [0.1, 0.15) is 0 Å². The number of allylic oxidation sites excluding steroid dienone is 4. The third kappa shape index (κ3) is 2.18. The SMILES string of the molecule is O=C1[C@@H]2[C@H](C(=O)N1Cc1ccccc1)[C@H]1C=C[C@@H]2C1=C1CCCCC1. The zero-order valence-electron chi connectivity index (χ0n) is 14.4. The predicted octanol–water partition coefficient (Wildman–Crippen LogP) is 3.86. The van der Waals surface area contributed by atoms with Crippen LogP contribution in [-0.2, 0) is 16.1 Å². The van der Waals surface area contributed by atoms with Gasteiger partial charge in [0.15, 0.2) is 0 Å². The Balaban J connectivity index is 1.45. The van der Waals surface area contributed by atoms with E-state index in [1.165, 1.54) is 42.6 Å². The van der Waals surface area contributed by atoms with E-state index in [9.17, 15) is 9.59 Å². The average molecular weight is 333 g/mol. The summed E-state index contributed by atoms with van der Waals surface area (Å²) in [4.78, 5) is 27.7. The quantitative estimate of drug-likeness (QED) is 0.609. The van der Waals surface area contributed by atoms with Gasteiger partial charge in [0, 0.05) is 11.8 Å². The highest BCUT2D eigenvalue weighted by Gasteiger charge is 2.61. The van der Waals surface area contributed by atoms with E-state index in [1.807, 2.05) is 30.3 Å². The molecule has 1 saturated heterocycles. The van der Waals surface area contributed by atoms with Crippen LogP contribution in [-0.4, -0.2) is 16.7 Å². The third-order valence-electron chi connectivity index (χ3n) is 6.56. The molecule has 0 N–H and O–H groups in total. The number of carbonyl (C=O) groups is 2. The maximum atomic E-state index is 13.1. The highest BCUT2D eigenvalue weighted by molar-refractivity contribution is 6.07. The molecule has 4 atom stereocenters. The van der Waals surface area contributed by atoms with Gasteiger partial charge in [-0.05, 0) is 31.2 Å². The van der Waals surface area contributed by atoms with Crippen LogP contribution in [0.1, 0.15) is 37.7 Å². The molecular weight excluding hydrogens is 310 g/mol. The van der Waals surface area contributed by atoms with E-state index in [0.717, 1.165) is 5.56 Å². The van der Waals surface area contributed by atoms with Crippen LogP contribution in [0.3, 0.4) is 0 Å². The topological polar surface area (TPSA) is 37.4 Å². The van der Waals surface area contributed by atoms with Crippen molar-refractivity contribution in [3.05, 3.63) is 59.2 Å². The first kappa shape index (κ1) is 15.1. The van der Waals surface area contributed by atoms with Gasteiger partial charge in [0.25, 0.3) is 0 Å². The van der Waals surface area contributed by atoms with E-state index < -0.39 is 0 Å². The lowest BCUT2D eigenvalue weighted by molar-refractivity contribution is -0.141. The van der Waals surface area contributed by atoms with Crippen molar-refractivity contribution in [2.24, 2.45) is 23.7 Å². The summed E-state index contributed by atoms with van der Waals surface area (Å²) < 4.78 is 0. The zero-order chi connectivity index (χ0) is 17.0. The molecule has 0 spiro atoms. The van der Waals surface area contributed by atoms with Gasteiger partial charge in [-0.15, -0.1) is 0 Å². The Kier molecular flexibility index (Phi) is 3.44. The third-order valence-corrected chi connectivity index (χ3v) is 6.56. The molecule has 5 rings (SSSR count). The fourth-order valence-electron chi connectivity index (χ4n) is 5.49. The largest absolute Gasteiger partial charge is 0.278 e. The van der Waals surface area contributed by atoms with Gasteiger partial charge >= 0.3 is 0 Å². The number of hydrogen-bond donors (Lipinski definition) is 0. The van der Waals surface area contributed by atoms with Crippen LogP contribution in [0.2, 0.25) is 0 Å². The summed E-state index contributed by atoms with van der Waals surface area (Å²) in [7, 11) is 0. The lowest BCUT2D eigenvalue weighted by atomic mass is 9.85. The fraction of sp³-hybridized carbons (Fsp3) is 0.455. The number of imide groups is 1. The Morgan fingerprint density at radius 2 is 1.44 bits per heavy atom. The van der Waals surface area contributed by atoms with Crippen molar-refractivity contribution in [2.45, 2.75) is 38.6 Å². The van der Waals surface area contributed by atoms with E-state index in [0.29, 0.717) is 6.54 Å². The molecule has 2 bridgehead atoms. The van der Waals surface area contributed by atoms with Crippen molar-refractivity contribution in [3.63, 3.8) is 0 Å². The highest BCUT2D eigenvalue weighted by Crippen LogP contribution is 2.57. The maximum Gasteiger partial charge on any atom is 0.234 e. The van der Waals surface area contributed by atoms with Crippen LogP contribution in [0, 0.1) is 23.7 Å². The minimum absolute atomic E-state index is 0.0459. The Morgan fingerprint density at radius 1 is 0.840 bits per heavy atom. The molecule has 1 aromatic rings. The van der Waals surface area contributed by atoms with Crippen LogP contribution < -0.4 is 0 Å². The summed E-state index contributed by atoms with van der Waals surface area (Å²) >= 11 is 0. The van der Waals surface area contributed by atoms with Crippen molar-refractivity contribution < 1.29 is 9.59 Å². The number of fused-ring (bicyclic) bond motifs is 5. The first-order valence-corrected chi connectivity index (χ1v) is 9.55. The lowest BCUT2D eigenvalue weighted by Gasteiger charge is -2.23. The van der Waals surface area contributed by atoms with Crippen molar-refractivity contribution in [2.75, 3.05) is 0 Å². The fourth-order valence-corrected chi connectivity index (χ4v) is 5.49. The van der Waals surface area contributed by atoms with Crippen LogP contribution in [0.4, 0.5) is 0 Å². The zero-order valence-corrected chi connectivity index (χ0v) is 14.4. The summed E-state index contributed by atoms with van der Waals surface area (Å²) in [6.45, 7) is 0.414. The molecule has 0 radical (unpaired) electrons. The molecule has 4 aliphatic rings. The van der Waals surface area contributed by atoms with Gasteiger partial charge < -0.3 is 0 Å². The second-order valence-corrected chi connectivity index (χ2v) is 7.86. The number of likely N-dealkylation sites (tertiary alicyclic amines) is 1. The second kappa shape index (κ2) is 5.69. The summed E-state index contributed by atoms with van der Waals surface area (Å²) in [5.74, 6) is 0.168. The number of carbonyl (C=O) groups excluding carboxylic acids is 2. The molecule has 128 valence electrons. The number of amides is 2. The van der Waals surface area contributed by atoms with Crippen LogP contribution >= 0.6 is 0 Å². The molecule has 3 heteroatoms. The predicted molar refractivity (Wildman–Crippen MR) is 95.2 cm³/mol. The van der Waals surface area contributed by atoms with E-state index >= 15 is 0 Å². The lowest BCUT2D eigenvalue weighted by Crippen LogP contribution is -2.32. The average Bonchev–Trinajstić information content (AvgIpc) is 3.29. The molecule has 1 aliphatic heterocycles. The second-order valence-electron chi connectivity index (χ2n) is 7.86. The summed E-state index contributed by atoms with van der Waals surface area (Å²) in [6.07, 6.45) is 10.6. The van der Waals surface area contributed by atoms with Gasteiger partial charge in [0.2, 0.25) is 11.8 Å². The number of benzene rings is 1.